The Hall–Kier alpha value is -2.31. The molecule has 0 aliphatic heterocycles. The van der Waals surface area contributed by atoms with Gasteiger partial charge in [0.05, 0.1) is 16.8 Å². The second-order valence-electron chi connectivity index (χ2n) is 7.61. The molecule has 0 unspecified atom stereocenters. The molecule has 3 aromatic rings. The molecule has 0 radical (unpaired) electrons. The highest BCUT2D eigenvalue weighted by Crippen LogP contribution is 2.31. The Morgan fingerprint density at radius 1 is 1.13 bits per heavy atom. The van der Waals surface area contributed by atoms with Gasteiger partial charge < -0.3 is 5.32 Å². The summed E-state index contributed by atoms with van der Waals surface area (Å²) in [7, 11) is 0. The summed E-state index contributed by atoms with van der Waals surface area (Å²) in [6, 6.07) is 18.1. The first-order valence-corrected chi connectivity index (χ1v) is 11.6. The van der Waals surface area contributed by atoms with E-state index in [4.69, 9.17) is 11.6 Å². The van der Waals surface area contributed by atoms with Crippen LogP contribution in [0.25, 0.3) is 11.4 Å². The van der Waals surface area contributed by atoms with Crippen LogP contribution in [-0.4, -0.2) is 32.0 Å². The second-order valence-corrected chi connectivity index (χ2v) is 9.32. The van der Waals surface area contributed by atoms with E-state index in [1.165, 1.54) is 24.6 Å². The zero-order valence-corrected chi connectivity index (χ0v) is 18.5. The third-order valence-corrected chi connectivity index (χ3v) is 6.78. The van der Waals surface area contributed by atoms with Crippen LogP contribution in [-0.2, 0) is 11.3 Å². The van der Waals surface area contributed by atoms with E-state index in [1.54, 1.807) is 0 Å². The van der Waals surface area contributed by atoms with Crippen molar-refractivity contribution in [2.24, 2.45) is 0 Å². The van der Waals surface area contributed by atoms with E-state index in [0.717, 1.165) is 24.0 Å². The molecule has 1 aromatic heterocycles. The summed E-state index contributed by atoms with van der Waals surface area (Å²) >= 11 is 7.88. The summed E-state index contributed by atoms with van der Waals surface area (Å²) in [5.41, 5.74) is 1.97. The summed E-state index contributed by atoms with van der Waals surface area (Å²) in [5.74, 6) is 0.760. The number of carbonyl (C=O) groups is 1. The van der Waals surface area contributed by atoms with Crippen molar-refractivity contribution >= 4 is 29.3 Å². The number of halogens is 1. The Morgan fingerprint density at radius 2 is 1.83 bits per heavy atom. The molecule has 0 saturated heterocycles. The van der Waals surface area contributed by atoms with Gasteiger partial charge in [0.15, 0.2) is 11.0 Å². The molecule has 1 fully saturated rings. The van der Waals surface area contributed by atoms with E-state index in [2.05, 4.69) is 27.6 Å². The zero-order valence-electron chi connectivity index (χ0n) is 16.9. The molecule has 1 heterocycles. The fraction of sp³-hybridized carbons (Fsp3) is 0.348. The lowest BCUT2D eigenvalue weighted by molar-refractivity contribution is -0.120. The number of aromatic nitrogens is 3. The van der Waals surface area contributed by atoms with E-state index in [0.29, 0.717) is 28.6 Å². The number of benzene rings is 2. The Morgan fingerprint density at radius 3 is 2.57 bits per heavy atom. The van der Waals surface area contributed by atoms with Crippen molar-refractivity contribution in [2.45, 2.75) is 55.6 Å². The summed E-state index contributed by atoms with van der Waals surface area (Å²) in [6.07, 6.45) is 4.53. The van der Waals surface area contributed by atoms with Crippen LogP contribution in [0.4, 0.5) is 0 Å². The molecule has 1 N–H and O–H groups in total. The third-order valence-electron chi connectivity index (χ3n) is 5.37. The maximum Gasteiger partial charge on any atom is 0.233 e. The highest BCUT2D eigenvalue weighted by molar-refractivity contribution is 8.00. The predicted octanol–water partition coefficient (Wildman–Crippen LogP) is 5.19. The number of thioether (sulfide) groups is 1. The summed E-state index contributed by atoms with van der Waals surface area (Å²) < 4.78 is 2.04. The van der Waals surface area contributed by atoms with Gasteiger partial charge in [-0.15, -0.1) is 10.2 Å². The standard InChI is InChI=1S/C23H25ClN4OS/c1-16(22(29)25-18-11-5-6-12-18)30-23-27-26-21(19-13-7-8-14-20(19)24)28(23)15-17-9-3-2-4-10-17/h2-4,7-10,13-14,16,18H,5-6,11-12,15H2,1H3,(H,25,29)/t16-/m0/s1. The molecule has 1 saturated carbocycles. The van der Waals surface area contributed by atoms with Crippen molar-refractivity contribution in [1.82, 2.24) is 20.1 Å². The molecular formula is C23H25ClN4OS. The Kier molecular flexibility index (Phi) is 6.75. The monoisotopic (exact) mass is 440 g/mol. The van der Waals surface area contributed by atoms with E-state index in [1.807, 2.05) is 54.0 Å². The summed E-state index contributed by atoms with van der Waals surface area (Å²) in [4.78, 5) is 12.7. The number of hydrogen-bond donors (Lipinski definition) is 1. The van der Waals surface area contributed by atoms with Gasteiger partial charge in [-0.05, 0) is 37.5 Å². The molecule has 156 valence electrons. The molecule has 5 nitrogen and oxygen atoms in total. The molecule has 30 heavy (non-hydrogen) atoms. The van der Waals surface area contributed by atoms with Gasteiger partial charge in [-0.25, -0.2) is 0 Å². The SMILES string of the molecule is C[C@H](Sc1nnc(-c2ccccc2Cl)n1Cc1ccccc1)C(=O)NC1CCCC1. The lowest BCUT2D eigenvalue weighted by Crippen LogP contribution is -2.37. The number of amides is 1. The summed E-state index contributed by atoms with van der Waals surface area (Å²) in [6.45, 7) is 2.53. The van der Waals surface area contributed by atoms with Gasteiger partial charge in [0.1, 0.15) is 0 Å². The molecule has 2 aromatic carbocycles. The quantitative estimate of drug-likeness (QED) is 0.514. The molecule has 1 atom stereocenters. The molecule has 4 rings (SSSR count). The largest absolute Gasteiger partial charge is 0.352 e. The van der Waals surface area contributed by atoms with Crippen molar-refractivity contribution in [3.8, 4) is 11.4 Å². The van der Waals surface area contributed by atoms with Crippen molar-refractivity contribution in [3.63, 3.8) is 0 Å². The minimum atomic E-state index is -0.261. The Balaban J connectivity index is 1.60. The second kappa shape index (κ2) is 9.67. The molecule has 1 aliphatic carbocycles. The number of hydrogen-bond acceptors (Lipinski definition) is 4. The molecule has 0 spiro atoms. The van der Waals surface area contributed by atoms with Gasteiger partial charge in [-0.2, -0.15) is 0 Å². The van der Waals surface area contributed by atoms with Crippen molar-refractivity contribution in [1.29, 1.82) is 0 Å². The fourth-order valence-electron chi connectivity index (χ4n) is 3.73. The van der Waals surface area contributed by atoms with Gasteiger partial charge in [0.2, 0.25) is 5.91 Å². The predicted molar refractivity (Wildman–Crippen MR) is 122 cm³/mol. The van der Waals surface area contributed by atoms with E-state index < -0.39 is 0 Å². The average Bonchev–Trinajstić information content (AvgIpc) is 3.40. The van der Waals surface area contributed by atoms with Crippen molar-refractivity contribution < 1.29 is 4.79 Å². The number of nitrogens with zero attached hydrogens (tertiary/aromatic N) is 3. The van der Waals surface area contributed by atoms with Crippen LogP contribution in [0.1, 0.15) is 38.2 Å². The molecule has 7 heteroatoms. The fourth-order valence-corrected chi connectivity index (χ4v) is 4.80. The van der Waals surface area contributed by atoms with Crippen LogP contribution >= 0.6 is 23.4 Å². The number of carbonyl (C=O) groups excluding carboxylic acids is 1. The summed E-state index contributed by atoms with van der Waals surface area (Å²) in [5, 5.41) is 13.1. The van der Waals surface area contributed by atoms with E-state index in [9.17, 15) is 4.79 Å². The van der Waals surface area contributed by atoms with E-state index >= 15 is 0 Å². The van der Waals surface area contributed by atoms with Gasteiger partial charge in [-0.3, -0.25) is 9.36 Å². The first-order chi connectivity index (χ1) is 14.6. The Labute approximate surface area is 186 Å². The lowest BCUT2D eigenvalue weighted by atomic mass is 10.2. The van der Waals surface area contributed by atoms with Crippen LogP contribution in [0, 0.1) is 0 Å². The maximum atomic E-state index is 12.7. The first-order valence-electron chi connectivity index (χ1n) is 10.3. The number of rotatable bonds is 7. The van der Waals surface area contributed by atoms with Crippen LogP contribution in [0.3, 0.4) is 0 Å². The van der Waals surface area contributed by atoms with Crippen LogP contribution in [0.5, 0.6) is 0 Å². The van der Waals surface area contributed by atoms with Gasteiger partial charge in [-0.1, -0.05) is 78.7 Å². The molecular weight excluding hydrogens is 416 g/mol. The van der Waals surface area contributed by atoms with E-state index in [-0.39, 0.29) is 11.2 Å². The van der Waals surface area contributed by atoms with Crippen molar-refractivity contribution in [3.05, 3.63) is 65.2 Å². The van der Waals surface area contributed by atoms with Gasteiger partial charge in [0, 0.05) is 11.6 Å². The maximum absolute atomic E-state index is 12.7. The normalized spacial score (nSPS) is 15.3. The number of nitrogens with one attached hydrogen (secondary N) is 1. The van der Waals surface area contributed by atoms with Crippen molar-refractivity contribution in [2.75, 3.05) is 0 Å². The third kappa shape index (κ3) is 4.87. The topological polar surface area (TPSA) is 59.8 Å². The highest BCUT2D eigenvalue weighted by Gasteiger charge is 2.24. The van der Waals surface area contributed by atoms with Crippen LogP contribution in [0.2, 0.25) is 5.02 Å². The minimum Gasteiger partial charge on any atom is -0.352 e. The van der Waals surface area contributed by atoms with Crippen LogP contribution in [0.15, 0.2) is 59.8 Å². The van der Waals surface area contributed by atoms with Gasteiger partial charge in [0.25, 0.3) is 0 Å². The lowest BCUT2D eigenvalue weighted by Gasteiger charge is -2.17. The smallest absolute Gasteiger partial charge is 0.233 e. The molecule has 0 bridgehead atoms. The Bertz CT molecular complexity index is 1000. The minimum absolute atomic E-state index is 0.0560. The molecule has 1 amide bonds. The average molecular weight is 441 g/mol. The molecule has 1 aliphatic rings. The van der Waals surface area contributed by atoms with Crippen LogP contribution < -0.4 is 5.32 Å². The van der Waals surface area contributed by atoms with Gasteiger partial charge >= 0.3 is 0 Å². The first kappa shape index (κ1) is 20.9. The zero-order chi connectivity index (χ0) is 20.9. The highest BCUT2D eigenvalue weighted by atomic mass is 35.5.